The van der Waals surface area contributed by atoms with Crippen molar-refractivity contribution in [3.8, 4) is 6.07 Å². The minimum absolute atomic E-state index is 0.0810. The molecule has 0 aliphatic carbocycles. The first-order chi connectivity index (χ1) is 14.1. The molecule has 29 heavy (non-hydrogen) atoms. The van der Waals surface area contributed by atoms with Crippen molar-refractivity contribution in [3.05, 3.63) is 42.1 Å². The average molecular weight is 395 g/mol. The third-order valence-corrected chi connectivity index (χ3v) is 5.14. The molecular weight excluding hydrogens is 364 g/mol. The van der Waals surface area contributed by atoms with Gasteiger partial charge >= 0.3 is 0 Å². The van der Waals surface area contributed by atoms with Gasteiger partial charge in [0.2, 0.25) is 5.91 Å². The number of nitriles is 1. The fourth-order valence-electron chi connectivity index (χ4n) is 3.97. The van der Waals surface area contributed by atoms with E-state index in [-0.39, 0.29) is 18.1 Å². The summed E-state index contributed by atoms with van der Waals surface area (Å²) in [4.78, 5) is 14.6. The number of aromatic nitrogens is 1. The maximum Gasteiger partial charge on any atom is 0.244 e. The van der Waals surface area contributed by atoms with Gasteiger partial charge in [0.1, 0.15) is 0 Å². The molecule has 3 rings (SSSR count). The van der Waals surface area contributed by atoms with Crippen LogP contribution in [0.4, 0.5) is 0 Å². The summed E-state index contributed by atoms with van der Waals surface area (Å²) in [6.45, 7) is 8.39. The van der Waals surface area contributed by atoms with Gasteiger partial charge in [0.05, 0.1) is 24.7 Å². The van der Waals surface area contributed by atoms with Crippen LogP contribution < -0.4 is 5.32 Å². The van der Waals surface area contributed by atoms with Crippen LogP contribution in [0.5, 0.6) is 0 Å². The number of fused-ring (bicyclic) bond motifs is 1. The molecule has 0 spiro atoms. The van der Waals surface area contributed by atoms with E-state index in [1.54, 1.807) is 6.08 Å². The lowest BCUT2D eigenvalue weighted by atomic mass is 10.1. The molecule has 1 saturated heterocycles. The molecule has 6 heteroatoms. The third-order valence-electron chi connectivity index (χ3n) is 5.14. The number of morpholine rings is 1. The Kier molecular flexibility index (Phi) is 7.45. The standard InChI is InChI=1S/C23H30N4O2/c1-18-15-26(16-19(2)29-18)13-6-12-25-23(28)10-9-20-17-27(14-5-11-24)22-8-4-3-7-21(20)22/h3-4,7-10,17-19H,5-6,12-16H2,1-2H3,(H,25,28). The molecule has 2 atom stereocenters. The van der Waals surface area contributed by atoms with E-state index in [1.807, 2.05) is 36.5 Å². The number of nitrogens with zero attached hydrogens (tertiary/aromatic N) is 3. The van der Waals surface area contributed by atoms with Gasteiger partial charge in [-0.2, -0.15) is 5.26 Å². The number of carbonyl (C=O) groups is 1. The highest BCUT2D eigenvalue weighted by Crippen LogP contribution is 2.22. The van der Waals surface area contributed by atoms with Crippen LogP contribution in [0.25, 0.3) is 17.0 Å². The number of ether oxygens (including phenoxy) is 1. The van der Waals surface area contributed by atoms with Crippen LogP contribution in [-0.4, -0.2) is 53.8 Å². The van der Waals surface area contributed by atoms with Crippen LogP contribution in [0.15, 0.2) is 36.5 Å². The normalized spacial score (nSPS) is 20.2. The minimum Gasteiger partial charge on any atom is -0.373 e. The van der Waals surface area contributed by atoms with Gasteiger partial charge in [-0.05, 0) is 32.4 Å². The zero-order valence-electron chi connectivity index (χ0n) is 17.3. The first-order valence-corrected chi connectivity index (χ1v) is 10.4. The van der Waals surface area contributed by atoms with Gasteiger partial charge in [0, 0.05) is 61.5 Å². The predicted octanol–water partition coefficient (Wildman–Crippen LogP) is 3.18. The van der Waals surface area contributed by atoms with Crippen molar-refractivity contribution in [1.29, 1.82) is 5.26 Å². The highest BCUT2D eigenvalue weighted by Gasteiger charge is 2.21. The van der Waals surface area contributed by atoms with Gasteiger partial charge in [-0.3, -0.25) is 9.69 Å². The Morgan fingerprint density at radius 3 is 2.79 bits per heavy atom. The number of benzene rings is 1. The molecule has 154 valence electrons. The molecule has 1 N–H and O–H groups in total. The molecule has 1 aliphatic heterocycles. The summed E-state index contributed by atoms with van der Waals surface area (Å²) in [5.41, 5.74) is 2.07. The second-order valence-corrected chi connectivity index (χ2v) is 7.70. The summed E-state index contributed by atoms with van der Waals surface area (Å²) >= 11 is 0. The maximum atomic E-state index is 12.2. The molecule has 1 aromatic carbocycles. The van der Waals surface area contributed by atoms with E-state index in [4.69, 9.17) is 10.00 Å². The van der Waals surface area contributed by atoms with Gasteiger partial charge in [-0.25, -0.2) is 0 Å². The van der Waals surface area contributed by atoms with Crippen molar-refractivity contribution in [1.82, 2.24) is 14.8 Å². The number of rotatable bonds is 8. The van der Waals surface area contributed by atoms with Crippen LogP contribution in [-0.2, 0) is 16.1 Å². The molecule has 2 aromatic rings. The summed E-state index contributed by atoms with van der Waals surface area (Å²) < 4.78 is 7.82. The lowest BCUT2D eigenvalue weighted by molar-refractivity contribution is -0.116. The fourth-order valence-corrected chi connectivity index (χ4v) is 3.97. The zero-order chi connectivity index (χ0) is 20.6. The van der Waals surface area contributed by atoms with Crippen molar-refractivity contribution < 1.29 is 9.53 Å². The Hall–Kier alpha value is -2.62. The molecule has 6 nitrogen and oxygen atoms in total. The van der Waals surface area contributed by atoms with Crippen LogP contribution in [0.1, 0.15) is 32.3 Å². The smallest absolute Gasteiger partial charge is 0.244 e. The van der Waals surface area contributed by atoms with E-state index in [0.717, 1.165) is 42.5 Å². The summed E-state index contributed by atoms with van der Waals surface area (Å²) in [6, 6.07) is 10.2. The van der Waals surface area contributed by atoms with E-state index >= 15 is 0 Å². The number of carbonyl (C=O) groups excluding carboxylic acids is 1. The first kappa shape index (κ1) is 21.1. The lowest BCUT2D eigenvalue weighted by Gasteiger charge is -2.35. The number of hydrogen-bond acceptors (Lipinski definition) is 4. The molecule has 1 aromatic heterocycles. The SMILES string of the molecule is CC1CN(CCCNC(=O)C=Cc2cn(CCC#N)c3ccccc23)CC(C)O1. The topological polar surface area (TPSA) is 70.3 Å². The molecule has 0 radical (unpaired) electrons. The highest BCUT2D eigenvalue weighted by molar-refractivity contribution is 5.96. The Bertz CT molecular complexity index is 886. The molecule has 2 unspecified atom stereocenters. The van der Waals surface area contributed by atoms with Crippen molar-refractivity contribution in [2.75, 3.05) is 26.2 Å². The summed E-state index contributed by atoms with van der Waals surface area (Å²) in [5.74, 6) is -0.0810. The zero-order valence-corrected chi connectivity index (χ0v) is 17.3. The molecule has 1 aliphatic rings. The number of aryl methyl sites for hydroxylation is 1. The molecule has 0 saturated carbocycles. The molecule has 2 heterocycles. The Morgan fingerprint density at radius 2 is 2.03 bits per heavy atom. The highest BCUT2D eigenvalue weighted by atomic mass is 16.5. The number of hydrogen-bond donors (Lipinski definition) is 1. The fraction of sp³-hybridized carbons (Fsp3) is 0.478. The third kappa shape index (κ3) is 5.93. The summed E-state index contributed by atoms with van der Waals surface area (Å²) in [7, 11) is 0. The van der Waals surface area contributed by atoms with E-state index in [9.17, 15) is 4.79 Å². The summed E-state index contributed by atoms with van der Waals surface area (Å²) in [5, 5.41) is 12.9. The predicted molar refractivity (Wildman–Crippen MR) is 115 cm³/mol. The number of para-hydroxylation sites is 1. The molecule has 1 fully saturated rings. The van der Waals surface area contributed by atoms with E-state index in [0.29, 0.717) is 19.5 Å². The van der Waals surface area contributed by atoms with Gasteiger partial charge in [-0.1, -0.05) is 18.2 Å². The van der Waals surface area contributed by atoms with Crippen molar-refractivity contribution in [2.24, 2.45) is 0 Å². The maximum absolute atomic E-state index is 12.2. The second kappa shape index (κ2) is 10.2. The Labute approximate surface area is 172 Å². The molecular formula is C23H30N4O2. The van der Waals surface area contributed by atoms with Gasteiger partial charge in [-0.15, -0.1) is 0 Å². The minimum atomic E-state index is -0.0810. The molecule has 1 amide bonds. The largest absolute Gasteiger partial charge is 0.373 e. The van der Waals surface area contributed by atoms with Crippen LogP contribution >= 0.6 is 0 Å². The van der Waals surface area contributed by atoms with Gasteiger partial charge < -0.3 is 14.6 Å². The number of nitrogens with one attached hydrogen (secondary N) is 1. The van der Waals surface area contributed by atoms with Crippen LogP contribution in [0, 0.1) is 11.3 Å². The van der Waals surface area contributed by atoms with Crippen molar-refractivity contribution in [2.45, 2.75) is 45.4 Å². The number of amides is 1. The lowest BCUT2D eigenvalue weighted by Crippen LogP contribution is -2.46. The Balaban J connectivity index is 1.50. The molecule has 0 bridgehead atoms. The van der Waals surface area contributed by atoms with Crippen LogP contribution in [0.3, 0.4) is 0 Å². The van der Waals surface area contributed by atoms with Crippen molar-refractivity contribution in [3.63, 3.8) is 0 Å². The van der Waals surface area contributed by atoms with Gasteiger partial charge in [0.15, 0.2) is 0 Å². The van der Waals surface area contributed by atoms with Gasteiger partial charge in [0.25, 0.3) is 0 Å². The monoisotopic (exact) mass is 394 g/mol. The van der Waals surface area contributed by atoms with E-state index in [2.05, 4.69) is 34.7 Å². The second-order valence-electron chi connectivity index (χ2n) is 7.70. The average Bonchev–Trinajstić information content (AvgIpc) is 3.05. The first-order valence-electron chi connectivity index (χ1n) is 10.4. The summed E-state index contributed by atoms with van der Waals surface area (Å²) in [6.07, 6.45) is 7.38. The quantitative estimate of drug-likeness (QED) is 0.551. The van der Waals surface area contributed by atoms with E-state index < -0.39 is 0 Å². The van der Waals surface area contributed by atoms with Crippen LogP contribution in [0.2, 0.25) is 0 Å². The van der Waals surface area contributed by atoms with Crippen molar-refractivity contribution >= 4 is 22.9 Å². The van der Waals surface area contributed by atoms with E-state index in [1.165, 1.54) is 0 Å². The Morgan fingerprint density at radius 1 is 1.28 bits per heavy atom.